The van der Waals surface area contributed by atoms with Crippen molar-refractivity contribution < 1.29 is 23.4 Å². The maximum atomic E-state index is 13.3. The van der Waals surface area contributed by atoms with Crippen molar-refractivity contribution in [2.45, 2.75) is 50.6 Å². The lowest BCUT2D eigenvalue weighted by Crippen LogP contribution is -2.47. The SMILES string of the molecule is CCOCCc1cc(C(=O)NCC2(O)CCC(F)(F)CC2)c(Cl)c2cc[nH]c12. The van der Waals surface area contributed by atoms with Gasteiger partial charge in [0, 0.05) is 37.6 Å². The van der Waals surface area contributed by atoms with E-state index in [9.17, 15) is 18.7 Å². The summed E-state index contributed by atoms with van der Waals surface area (Å²) in [6, 6.07) is 3.52. The fourth-order valence-electron chi connectivity index (χ4n) is 3.56. The number of fused-ring (bicyclic) bond motifs is 1. The number of alkyl halides is 2. The highest BCUT2D eigenvalue weighted by Crippen LogP contribution is 2.38. The van der Waals surface area contributed by atoms with E-state index in [0.29, 0.717) is 30.2 Å². The third kappa shape index (κ3) is 4.64. The maximum absolute atomic E-state index is 13.3. The molecule has 8 heteroatoms. The van der Waals surface area contributed by atoms with Crippen LogP contribution in [0, 0.1) is 0 Å². The standard InChI is InChI=1S/C20H25ClF2N2O3/c1-2-28-10-4-13-11-15(16(21)14-3-9-24-17(13)14)18(26)25-12-19(27)5-7-20(22,23)8-6-19/h3,9,11,24,27H,2,4-8,10,12H2,1H3,(H,25,26). The number of halogens is 3. The number of hydrogen-bond acceptors (Lipinski definition) is 3. The minimum absolute atomic E-state index is 0.0511. The molecule has 1 saturated carbocycles. The highest BCUT2D eigenvalue weighted by atomic mass is 35.5. The summed E-state index contributed by atoms with van der Waals surface area (Å²) < 4.78 is 32.1. The first-order valence-electron chi connectivity index (χ1n) is 9.49. The molecule has 0 aliphatic heterocycles. The Hall–Kier alpha value is -1.70. The molecule has 3 N–H and O–H groups in total. The summed E-state index contributed by atoms with van der Waals surface area (Å²) in [5, 5.41) is 14.2. The molecule has 28 heavy (non-hydrogen) atoms. The lowest BCUT2D eigenvalue weighted by atomic mass is 9.82. The van der Waals surface area contributed by atoms with E-state index in [0.717, 1.165) is 16.5 Å². The Morgan fingerprint density at radius 2 is 2.07 bits per heavy atom. The van der Waals surface area contributed by atoms with E-state index in [4.69, 9.17) is 16.3 Å². The van der Waals surface area contributed by atoms with Gasteiger partial charge in [-0.1, -0.05) is 11.6 Å². The fourth-order valence-corrected chi connectivity index (χ4v) is 3.86. The smallest absolute Gasteiger partial charge is 0.252 e. The second kappa shape index (κ2) is 8.35. The first-order valence-corrected chi connectivity index (χ1v) is 9.87. The van der Waals surface area contributed by atoms with Crippen molar-refractivity contribution in [3.8, 4) is 0 Å². The molecule has 1 aliphatic carbocycles. The number of aliphatic hydroxyl groups is 1. The average molecular weight is 415 g/mol. The van der Waals surface area contributed by atoms with Gasteiger partial charge in [0.05, 0.1) is 28.3 Å². The van der Waals surface area contributed by atoms with Crippen molar-refractivity contribution in [2.24, 2.45) is 0 Å². The molecular formula is C20H25ClF2N2O3. The normalized spacial score (nSPS) is 18.3. The largest absolute Gasteiger partial charge is 0.388 e. The van der Waals surface area contributed by atoms with Crippen LogP contribution in [-0.4, -0.2) is 47.3 Å². The van der Waals surface area contributed by atoms with Crippen LogP contribution in [0.2, 0.25) is 5.02 Å². The highest BCUT2D eigenvalue weighted by Gasteiger charge is 2.42. The number of carbonyl (C=O) groups excluding carboxylic acids is 1. The van der Waals surface area contributed by atoms with Crippen molar-refractivity contribution in [3.05, 3.63) is 34.5 Å². The Kier molecular flexibility index (Phi) is 6.27. The highest BCUT2D eigenvalue weighted by molar-refractivity contribution is 6.38. The fraction of sp³-hybridized carbons (Fsp3) is 0.550. The molecule has 1 aromatic heterocycles. The molecule has 154 valence electrons. The summed E-state index contributed by atoms with van der Waals surface area (Å²) in [7, 11) is 0. The zero-order valence-corrected chi connectivity index (χ0v) is 16.5. The van der Waals surface area contributed by atoms with Crippen LogP contribution < -0.4 is 5.32 Å². The van der Waals surface area contributed by atoms with Crippen LogP contribution in [0.4, 0.5) is 8.78 Å². The molecule has 1 aromatic carbocycles. The van der Waals surface area contributed by atoms with Crippen molar-refractivity contribution in [1.29, 1.82) is 0 Å². The molecule has 2 aromatic rings. The topological polar surface area (TPSA) is 74.3 Å². The van der Waals surface area contributed by atoms with E-state index in [1.165, 1.54) is 0 Å². The van der Waals surface area contributed by atoms with Crippen LogP contribution in [-0.2, 0) is 11.2 Å². The summed E-state index contributed by atoms with van der Waals surface area (Å²) in [5.74, 6) is -3.18. The molecular weight excluding hydrogens is 390 g/mol. The van der Waals surface area contributed by atoms with E-state index in [2.05, 4.69) is 10.3 Å². The van der Waals surface area contributed by atoms with Crippen LogP contribution >= 0.6 is 11.6 Å². The number of carbonyl (C=O) groups is 1. The number of ether oxygens (including phenoxy) is 1. The van der Waals surface area contributed by atoms with Gasteiger partial charge in [0.2, 0.25) is 5.92 Å². The number of H-pyrrole nitrogens is 1. The summed E-state index contributed by atoms with van der Waals surface area (Å²) in [6.45, 7) is 2.95. The van der Waals surface area contributed by atoms with Gasteiger partial charge in [-0.15, -0.1) is 0 Å². The van der Waals surface area contributed by atoms with E-state index < -0.39 is 17.4 Å². The Bertz CT molecular complexity index is 843. The van der Waals surface area contributed by atoms with E-state index in [-0.39, 0.29) is 32.2 Å². The van der Waals surface area contributed by atoms with Gasteiger partial charge in [-0.25, -0.2) is 8.78 Å². The predicted octanol–water partition coefficient (Wildman–Crippen LogP) is 4.07. The second-order valence-corrected chi connectivity index (χ2v) is 7.75. The lowest BCUT2D eigenvalue weighted by Gasteiger charge is -2.35. The van der Waals surface area contributed by atoms with Gasteiger partial charge < -0.3 is 20.1 Å². The van der Waals surface area contributed by atoms with E-state index >= 15 is 0 Å². The van der Waals surface area contributed by atoms with Crippen molar-refractivity contribution >= 4 is 28.4 Å². The number of nitrogens with one attached hydrogen (secondary N) is 2. The number of aromatic nitrogens is 1. The first-order chi connectivity index (χ1) is 13.2. The van der Waals surface area contributed by atoms with E-state index in [1.54, 1.807) is 18.3 Å². The number of rotatable bonds is 7. The zero-order chi connectivity index (χ0) is 20.4. The molecule has 1 aliphatic rings. The van der Waals surface area contributed by atoms with Crippen molar-refractivity contribution in [1.82, 2.24) is 10.3 Å². The molecule has 0 spiro atoms. The number of benzene rings is 1. The Balaban J connectivity index is 1.75. The summed E-state index contributed by atoms with van der Waals surface area (Å²) in [5.41, 5.74) is 0.734. The van der Waals surface area contributed by atoms with Crippen LogP contribution in [0.25, 0.3) is 10.9 Å². The molecule has 0 bridgehead atoms. The molecule has 1 fully saturated rings. The van der Waals surface area contributed by atoms with Crippen LogP contribution in [0.3, 0.4) is 0 Å². The summed E-state index contributed by atoms with van der Waals surface area (Å²) in [6.07, 6.45) is 1.51. The molecule has 3 rings (SSSR count). The molecule has 0 unspecified atom stereocenters. The molecule has 5 nitrogen and oxygen atoms in total. The van der Waals surface area contributed by atoms with Gasteiger partial charge in [-0.05, 0) is 43.9 Å². The van der Waals surface area contributed by atoms with Crippen molar-refractivity contribution in [2.75, 3.05) is 19.8 Å². The summed E-state index contributed by atoms with van der Waals surface area (Å²) in [4.78, 5) is 15.9. The minimum Gasteiger partial charge on any atom is -0.388 e. The molecule has 0 saturated heterocycles. The number of hydrogen-bond donors (Lipinski definition) is 3. The Morgan fingerprint density at radius 1 is 1.36 bits per heavy atom. The molecule has 1 heterocycles. The summed E-state index contributed by atoms with van der Waals surface area (Å²) >= 11 is 6.43. The van der Waals surface area contributed by atoms with Crippen LogP contribution in [0.15, 0.2) is 18.3 Å². The molecule has 0 atom stereocenters. The third-order valence-electron chi connectivity index (χ3n) is 5.31. The first kappa shape index (κ1) is 21.0. The Morgan fingerprint density at radius 3 is 2.75 bits per heavy atom. The monoisotopic (exact) mass is 414 g/mol. The van der Waals surface area contributed by atoms with Gasteiger partial charge in [-0.2, -0.15) is 0 Å². The Labute approximate surface area is 167 Å². The van der Waals surface area contributed by atoms with E-state index in [1.807, 2.05) is 6.92 Å². The van der Waals surface area contributed by atoms with Gasteiger partial charge in [0.15, 0.2) is 0 Å². The quantitative estimate of drug-likeness (QED) is 0.598. The predicted molar refractivity (Wildman–Crippen MR) is 104 cm³/mol. The zero-order valence-electron chi connectivity index (χ0n) is 15.8. The molecule has 1 amide bonds. The minimum atomic E-state index is -2.74. The number of aromatic amines is 1. The maximum Gasteiger partial charge on any atom is 0.252 e. The van der Waals surface area contributed by atoms with Gasteiger partial charge in [-0.3, -0.25) is 4.79 Å². The van der Waals surface area contributed by atoms with Gasteiger partial charge in [0.1, 0.15) is 0 Å². The third-order valence-corrected chi connectivity index (χ3v) is 5.72. The average Bonchev–Trinajstić information content (AvgIpc) is 3.15. The van der Waals surface area contributed by atoms with Crippen molar-refractivity contribution in [3.63, 3.8) is 0 Å². The van der Waals surface area contributed by atoms with Gasteiger partial charge >= 0.3 is 0 Å². The lowest BCUT2D eigenvalue weighted by molar-refractivity contribution is -0.101. The number of amides is 1. The van der Waals surface area contributed by atoms with Crippen LogP contribution in [0.5, 0.6) is 0 Å². The van der Waals surface area contributed by atoms with Crippen LogP contribution in [0.1, 0.15) is 48.5 Å². The second-order valence-electron chi connectivity index (χ2n) is 7.37. The molecule has 0 radical (unpaired) electrons. The van der Waals surface area contributed by atoms with Gasteiger partial charge in [0.25, 0.3) is 5.91 Å².